The smallest absolute Gasteiger partial charge is 0.147 e. The minimum atomic E-state index is 0.413. The molecule has 66 valence electrons. The number of pyridine rings is 1. The third-order valence-electron chi connectivity index (χ3n) is 2.17. The Morgan fingerprint density at radius 3 is 2.38 bits per heavy atom. The van der Waals surface area contributed by atoms with E-state index in [-0.39, 0.29) is 0 Å². The molecular formula is C10H11N3. The van der Waals surface area contributed by atoms with E-state index in [1.807, 2.05) is 31.2 Å². The molecule has 0 fully saturated rings. The molecular weight excluding hydrogens is 162 g/mol. The van der Waals surface area contributed by atoms with Crippen LogP contribution in [-0.4, -0.2) is 4.98 Å². The minimum Gasteiger partial charge on any atom is -0.395 e. The van der Waals surface area contributed by atoms with E-state index in [1.165, 1.54) is 0 Å². The predicted octanol–water partition coefficient (Wildman–Crippen LogP) is 1.71. The Hall–Kier alpha value is -1.77. The quantitative estimate of drug-likeness (QED) is 0.637. The molecule has 0 bridgehead atoms. The van der Waals surface area contributed by atoms with Gasteiger partial charge in [0.15, 0.2) is 0 Å². The van der Waals surface area contributed by atoms with Crippen LogP contribution in [-0.2, 0) is 0 Å². The highest BCUT2D eigenvalue weighted by Crippen LogP contribution is 2.26. The van der Waals surface area contributed by atoms with Crippen molar-refractivity contribution in [3.8, 4) is 0 Å². The lowest BCUT2D eigenvalue weighted by molar-refractivity contribution is 1.25. The second-order valence-electron chi connectivity index (χ2n) is 3.04. The molecule has 0 spiro atoms. The minimum absolute atomic E-state index is 0.413. The van der Waals surface area contributed by atoms with E-state index in [0.29, 0.717) is 11.5 Å². The van der Waals surface area contributed by atoms with Crippen LogP contribution in [0.25, 0.3) is 10.8 Å². The van der Waals surface area contributed by atoms with Gasteiger partial charge in [-0.05, 0) is 6.92 Å². The Morgan fingerprint density at radius 1 is 1.08 bits per heavy atom. The number of nitrogens with two attached hydrogens (primary N) is 2. The summed E-state index contributed by atoms with van der Waals surface area (Å²) in [5, 5.41) is 2.04. The molecule has 1 aromatic carbocycles. The summed E-state index contributed by atoms with van der Waals surface area (Å²) in [6, 6.07) is 7.85. The van der Waals surface area contributed by atoms with E-state index in [0.717, 1.165) is 16.5 Å². The molecule has 0 radical (unpaired) electrons. The zero-order valence-corrected chi connectivity index (χ0v) is 7.41. The van der Waals surface area contributed by atoms with Crippen LogP contribution in [0.15, 0.2) is 24.3 Å². The second kappa shape index (κ2) is 2.62. The molecule has 0 unspecified atom stereocenters. The van der Waals surface area contributed by atoms with E-state index in [9.17, 15) is 0 Å². The van der Waals surface area contributed by atoms with Crippen LogP contribution < -0.4 is 11.5 Å². The molecule has 4 N–H and O–H groups in total. The molecule has 0 saturated heterocycles. The van der Waals surface area contributed by atoms with Gasteiger partial charge in [-0.25, -0.2) is 4.98 Å². The van der Waals surface area contributed by atoms with E-state index in [1.54, 1.807) is 0 Å². The van der Waals surface area contributed by atoms with Crippen LogP contribution >= 0.6 is 0 Å². The summed E-state index contributed by atoms with van der Waals surface area (Å²) < 4.78 is 0. The van der Waals surface area contributed by atoms with Crippen LogP contribution in [0.2, 0.25) is 0 Å². The van der Waals surface area contributed by atoms with Gasteiger partial charge in [0.1, 0.15) is 5.82 Å². The van der Waals surface area contributed by atoms with Gasteiger partial charge in [-0.3, -0.25) is 0 Å². The predicted molar refractivity (Wildman–Crippen MR) is 55.3 cm³/mol. The molecule has 0 saturated carbocycles. The first kappa shape index (κ1) is 7.86. The van der Waals surface area contributed by atoms with Crippen molar-refractivity contribution in [1.82, 2.24) is 4.98 Å². The molecule has 13 heavy (non-hydrogen) atoms. The monoisotopic (exact) mass is 173 g/mol. The standard InChI is InChI=1S/C10H11N3/c1-6-7-4-2-3-5-8(7)9(11)10(12)13-6/h2-5H,11H2,1H3,(H2,12,13). The van der Waals surface area contributed by atoms with Gasteiger partial charge in [-0.1, -0.05) is 24.3 Å². The first-order chi connectivity index (χ1) is 6.20. The fraction of sp³-hybridized carbons (Fsp3) is 0.100. The number of aryl methyl sites for hydroxylation is 1. The van der Waals surface area contributed by atoms with Crippen molar-refractivity contribution in [3.63, 3.8) is 0 Å². The van der Waals surface area contributed by atoms with Gasteiger partial charge in [-0.15, -0.1) is 0 Å². The van der Waals surface area contributed by atoms with Gasteiger partial charge in [0.2, 0.25) is 0 Å². The Kier molecular flexibility index (Phi) is 1.59. The molecule has 1 aromatic heterocycles. The highest BCUT2D eigenvalue weighted by Gasteiger charge is 2.04. The van der Waals surface area contributed by atoms with Crippen LogP contribution in [0.1, 0.15) is 5.69 Å². The first-order valence-corrected chi connectivity index (χ1v) is 4.10. The Bertz CT molecular complexity index is 463. The van der Waals surface area contributed by atoms with Crippen molar-refractivity contribution >= 4 is 22.3 Å². The molecule has 0 aliphatic carbocycles. The fourth-order valence-electron chi connectivity index (χ4n) is 1.47. The summed E-state index contributed by atoms with van der Waals surface area (Å²) in [6.45, 7) is 1.93. The summed E-state index contributed by atoms with van der Waals surface area (Å²) in [5.41, 5.74) is 12.9. The maximum Gasteiger partial charge on any atom is 0.147 e. The maximum atomic E-state index is 5.80. The van der Waals surface area contributed by atoms with Crippen molar-refractivity contribution in [3.05, 3.63) is 30.0 Å². The Labute approximate surface area is 76.4 Å². The van der Waals surface area contributed by atoms with E-state index < -0.39 is 0 Å². The summed E-state index contributed by atoms with van der Waals surface area (Å²) >= 11 is 0. The molecule has 3 heteroatoms. The average molecular weight is 173 g/mol. The number of aromatic nitrogens is 1. The highest BCUT2D eigenvalue weighted by atomic mass is 14.9. The van der Waals surface area contributed by atoms with Crippen molar-refractivity contribution in [2.45, 2.75) is 6.92 Å². The number of rotatable bonds is 0. The number of nitrogens with zero attached hydrogens (tertiary/aromatic N) is 1. The Balaban J connectivity index is 2.97. The van der Waals surface area contributed by atoms with Crippen molar-refractivity contribution in [2.75, 3.05) is 11.5 Å². The number of benzene rings is 1. The second-order valence-corrected chi connectivity index (χ2v) is 3.04. The summed E-state index contributed by atoms with van der Waals surface area (Å²) in [5.74, 6) is 0.413. The van der Waals surface area contributed by atoms with Gasteiger partial charge in [0, 0.05) is 16.5 Å². The molecule has 0 amide bonds. The largest absolute Gasteiger partial charge is 0.395 e. The molecule has 2 aromatic rings. The zero-order valence-electron chi connectivity index (χ0n) is 7.41. The molecule has 0 aliphatic heterocycles. The number of fused-ring (bicyclic) bond motifs is 1. The van der Waals surface area contributed by atoms with Crippen LogP contribution in [0, 0.1) is 6.92 Å². The van der Waals surface area contributed by atoms with Crippen molar-refractivity contribution in [1.29, 1.82) is 0 Å². The summed E-state index contributed by atoms with van der Waals surface area (Å²) in [4.78, 5) is 4.15. The number of anilines is 2. The lowest BCUT2D eigenvalue weighted by atomic mass is 10.1. The number of hydrogen-bond donors (Lipinski definition) is 2. The highest BCUT2D eigenvalue weighted by molar-refractivity contribution is 5.98. The summed E-state index contributed by atoms with van der Waals surface area (Å²) in [7, 11) is 0. The van der Waals surface area contributed by atoms with E-state index >= 15 is 0 Å². The van der Waals surface area contributed by atoms with Gasteiger partial charge >= 0.3 is 0 Å². The molecule has 3 nitrogen and oxygen atoms in total. The third kappa shape index (κ3) is 1.09. The van der Waals surface area contributed by atoms with Gasteiger partial charge in [0.25, 0.3) is 0 Å². The third-order valence-corrected chi connectivity index (χ3v) is 2.17. The maximum absolute atomic E-state index is 5.80. The SMILES string of the molecule is Cc1nc(N)c(N)c2ccccc12. The Morgan fingerprint density at radius 2 is 1.69 bits per heavy atom. The van der Waals surface area contributed by atoms with E-state index in [4.69, 9.17) is 11.5 Å². The average Bonchev–Trinajstić information content (AvgIpc) is 2.15. The van der Waals surface area contributed by atoms with Gasteiger partial charge < -0.3 is 11.5 Å². The normalized spacial score (nSPS) is 10.5. The van der Waals surface area contributed by atoms with E-state index in [2.05, 4.69) is 4.98 Å². The topological polar surface area (TPSA) is 64.9 Å². The molecule has 0 aliphatic rings. The van der Waals surface area contributed by atoms with Gasteiger partial charge in [-0.2, -0.15) is 0 Å². The van der Waals surface area contributed by atoms with Crippen LogP contribution in [0.3, 0.4) is 0 Å². The lowest BCUT2D eigenvalue weighted by Crippen LogP contribution is -2.00. The zero-order chi connectivity index (χ0) is 9.42. The molecule has 1 heterocycles. The lowest BCUT2D eigenvalue weighted by Gasteiger charge is -2.06. The van der Waals surface area contributed by atoms with Crippen molar-refractivity contribution in [2.24, 2.45) is 0 Å². The van der Waals surface area contributed by atoms with Crippen LogP contribution in [0.4, 0.5) is 11.5 Å². The number of nitrogen functional groups attached to an aromatic ring is 2. The molecule has 2 rings (SSSR count). The number of hydrogen-bond acceptors (Lipinski definition) is 3. The van der Waals surface area contributed by atoms with Gasteiger partial charge in [0.05, 0.1) is 5.69 Å². The van der Waals surface area contributed by atoms with Crippen LogP contribution in [0.5, 0.6) is 0 Å². The van der Waals surface area contributed by atoms with Crippen molar-refractivity contribution < 1.29 is 0 Å². The summed E-state index contributed by atoms with van der Waals surface area (Å²) in [6.07, 6.45) is 0. The molecule has 0 atom stereocenters. The fourth-order valence-corrected chi connectivity index (χ4v) is 1.47. The first-order valence-electron chi connectivity index (χ1n) is 4.10.